The number of hydrogen-bond donors (Lipinski definition) is 0. The molecule has 0 amide bonds. The Bertz CT molecular complexity index is 1560. The molecule has 0 spiro atoms. The second-order valence-electron chi connectivity index (χ2n) is 23.0. The van der Waals surface area contributed by atoms with Crippen LogP contribution in [0.15, 0.2) is 24.3 Å². The molecule has 27 heteroatoms. The minimum atomic E-state index is -0.160. The fourth-order valence-electron chi connectivity index (χ4n) is 8.26. The van der Waals surface area contributed by atoms with Crippen LogP contribution in [0.3, 0.4) is 0 Å². The SMILES string of the molecule is CB1OC(C)(C)C(C)(C)O1.CB1OC(C)(C)CC(C)(C)O1.CB1OC(C)CC(C)(C)O1.CB1OCC(C)(C)CO1.CB1OCCCO1.CB1OCCO1.CB1Oc2ccccc2O1.CCOB(C)OCC.COB(C)OC. The van der Waals surface area contributed by atoms with Gasteiger partial charge in [0.15, 0.2) is 0 Å². The maximum absolute atomic E-state index is 5.59. The number of para-hydroxylation sites is 2. The lowest BCUT2D eigenvalue weighted by Crippen LogP contribution is -2.50. The summed E-state index contributed by atoms with van der Waals surface area (Å²) in [7, 11) is 2.88. The van der Waals surface area contributed by atoms with Crippen molar-refractivity contribution in [2.75, 3.05) is 67.1 Å². The van der Waals surface area contributed by atoms with Gasteiger partial charge < -0.3 is 83.8 Å². The van der Waals surface area contributed by atoms with Gasteiger partial charge in [0.1, 0.15) is 11.5 Å². The zero-order valence-corrected chi connectivity index (χ0v) is 53.2. The van der Waals surface area contributed by atoms with Crippen LogP contribution in [-0.4, -0.2) is 165 Å². The van der Waals surface area contributed by atoms with Gasteiger partial charge in [-0.25, -0.2) is 0 Å². The molecule has 0 aromatic heterocycles. The Labute approximate surface area is 473 Å². The third-order valence-electron chi connectivity index (χ3n) is 12.0. The summed E-state index contributed by atoms with van der Waals surface area (Å²) in [6.45, 7) is 54.6. The van der Waals surface area contributed by atoms with E-state index in [9.17, 15) is 0 Å². The van der Waals surface area contributed by atoms with Crippen molar-refractivity contribution in [1.82, 2.24) is 0 Å². The molecule has 0 aliphatic carbocycles. The third kappa shape index (κ3) is 36.8. The van der Waals surface area contributed by atoms with E-state index in [1.165, 1.54) is 0 Å². The summed E-state index contributed by atoms with van der Waals surface area (Å²) in [5.74, 6) is 1.69. The predicted octanol–water partition coefficient (Wildman–Crippen LogP) is 10.5. The van der Waals surface area contributed by atoms with Gasteiger partial charge in [0, 0.05) is 71.8 Å². The van der Waals surface area contributed by atoms with Crippen LogP contribution in [0.25, 0.3) is 0 Å². The normalized spacial score (nSPS) is 22.4. The number of rotatable bonds is 6. The smallest absolute Gasteiger partial charge is 0.523 e. The average molecular weight is 1090 g/mol. The van der Waals surface area contributed by atoms with Crippen molar-refractivity contribution in [3.8, 4) is 11.5 Å². The van der Waals surface area contributed by atoms with Gasteiger partial charge >= 0.3 is 64.1 Å². The van der Waals surface area contributed by atoms with E-state index in [1.54, 1.807) is 14.2 Å². The quantitative estimate of drug-likeness (QED) is 0.247. The Balaban J connectivity index is 0.000000850. The lowest BCUT2D eigenvalue weighted by Gasteiger charge is -2.43. The van der Waals surface area contributed by atoms with Crippen molar-refractivity contribution < 1.29 is 83.8 Å². The molecule has 7 heterocycles. The topological polar surface area (TPSA) is 166 Å². The Kier molecular flexibility index (Phi) is 37.2. The van der Waals surface area contributed by atoms with Gasteiger partial charge in [-0.3, -0.25) is 0 Å². The number of benzene rings is 1. The molecule has 1 atom stereocenters. The largest absolute Gasteiger partial charge is 0.591 e. The molecule has 7 aliphatic rings. The minimum absolute atomic E-state index is 0.00183. The van der Waals surface area contributed by atoms with Gasteiger partial charge in [-0.05, 0) is 176 Å². The molecule has 6 fully saturated rings. The first kappa shape index (κ1) is 75.8. The Morgan fingerprint density at radius 2 is 0.870 bits per heavy atom. The van der Waals surface area contributed by atoms with E-state index < -0.39 is 0 Å². The highest BCUT2D eigenvalue weighted by Crippen LogP contribution is 2.37. The van der Waals surface area contributed by atoms with Gasteiger partial charge in [-0.2, -0.15) is 0 Å². The summed E-state index contributed by atoms with van der Waals surface area (Å²) in [4.78, 5) is 0. The second-order valence-corrected chi connectivity index (χ2v) is 23.0. The molecule has 18 nitrogen and oxygen atoms in total. The monoisotopic (exact) mass is 1090 g/mol. The van der Waals surface area contributed by atoms with Crippen LogP contribution >= 0.6 is 0 Å². The molecule has 7 aliphatic heterocycles. The van der Waals surface area contributed by atoms with Crippen LogP contribution < -0.4 is 9.31 Å². The van der Waals surface area contributed by atoms with Crippen molar-refractivity contribution in [2.45, 2.75) is 219 Å². The first-order chi connectivity index (χ1) is 35.5. The summed E-state index contributed by atoms with van der Waals surface area (Å²) >= 11 is 0. The Morgan fingerprint density at radius 3 is 1.13 bits per heavy atom. The lowest BCUT2D eigenvalue weighted by molar-refractivity contribution is -0.0744. The molecule has 440 valence electrons. The van der Waals surface area contributed by atoms with E-state index in [0.717, 1.165) is 83.6 Å². The van der Waals surface area contributed by atoms with E-state index in [0.29, 0.717) is 6.10 Å². The predicted molar refractivity (Wildman–Crippen MR) is 319 cm³/mol. The van der Waals surface area contributed by atoms with Crippen molar-refractivity contribution in [1.29, 1.82) is 0 Å². The minimum Gasteiger partial charge on any atom is -0.523 e. The van der Waals surface area contributed by atoms with Gasteiger partial charge in [0.05, 0.1) is 41.2 Å². The van der Waals surface area contributed by atoms with Gasteiger partial charge in [-0.1, -0.05) is 26.0 Å². The summed E-state index contributed by atoms with van der Waals surface area (Å²) in [5, 5.41) is 0. The lowest BCUT2D eigenvalue weighted by atomic mass is 9.81. The first-order valence-electron chi connectivity index (χ1n) is 28.0. The zero-order valence-electron chi connectivity index (χ0n) is 53.2. The van der Waals surface area contributed by atoms with E-state index in [-0.39, 0.29) is 97.5 Å². The fraction of sp³-hybridized carbons (Fsp3) is 0.880. The van der Waals surface area contributed by atoms with E-state index in [4.69, 9.17) is 74.5 Å². The molecule has 6 saturated heterocycles. The molecule has 0 radical (unpaired) electrons. The van der Waals surface area contributed by atoms with E-state index in [2.05, 4.69) is 99.3 Å². The average Bonchev–Trinajstić information content (AvgIpc) is 3.98. The molecule has 8 rings (SSSR count). The maximum Gasteiger partial charge on any atom is 0.591 e. The molecule has 0 bridgehead atoms. The van der Waals surface area contributed by atoms with Crippen molar-refractivity contribution in [2.24, 2.45) is 5.41 Å². The molecular weight excluding hydrogens is 986 g/mol. The van der Waals surface area contributed by atoms with Gasteiger partial charge in [0.25, 0.3) is 0 Å². The molecule has 77 heavy (non-hydrogen) atoms. The van der Waals surface area contributed by atoms with Crippen molar-refractivity contribution in [3.63, 3.8) is 0 Å². The highest BCUT2D eigenvalue weighted by Gasteiger charge is 2.49. The Hall–Kier alpha value is -1.24. The second kappa shape index (κ2) is 37.8. The number of hydrogen-bond acceptors (Lipinski definition) is 18. The van der Waals surface area contributed by atoms with Crippen LogP contribution in [-0.2, 0) is 74.5 Å². The third-order valence-corrected chi connectivity index (χ3v) is 12.0. The van der Waals surface area contributed by atoms with Crippen molar-refractivity contribution >= 4 is 64.1 Å². The summed E-state index contributed by atoms with van der Waals surface area (Å²) in [5.41, 5.74) is -0.190. The van der Waals surface area contributed by atoms with Crippen LogP contribution in [0, 0.1) is 5.41 Å². The van der Waals surface area contributed by atoms with Crippen LogP contribution in [0.4, 0.5) is 0 Å². The summed E-state index contributed by atoms with van der Waals surface area (Å²) < 4.78 is 93.7. The standard InChI is InChI=1S/C8H17BO2.C7H7BO2.2C7H15BO2.C6H13BO2.C5H13BO2.C4H9BO2.C3H7BO2.C3H9BO2/c1-7(2)6-8(3,4)11-9(5)10-7;1-8-9-6-4-2-3-5-7(6)10-8;1-6-5-7(2,3)10-8(4)9-6;1-6(2)7(3,4)10-8(5)9-6;1-6(2)4-8-7(3)9-5-6;1-4-7-6(3)8-5-2;1-5-6-3-2-4-7-5;1-4-5-2-3-6-4;1-4(5-2)6-3/h6H2,1-5H3;2-5H,1H3;6H,5H2,1-4H3;1-5H3;4-5H2,1-3H3;4-5H2,1-3H3;2-4H2,1H3;2-3H2,1H3;1-3H3. The molecule has 1 aromatic rings. The summed E-state index contributed by atoms with van der Waals surface area (Å²) in [6, 6.07) is 7.66. The molecule has 1 unspecified atom stereocenters. The zero-order chi connectivity index (χ0) is 59.3. The van der Waals surface area contributed by atoms with Crippen LogP contribution in [0.2, 0.25) is 61.4 Å². The summed E-state index contributed by atoms with van der Waals surface area (Å²) in [6.07, 6.45) is 3.31. The van der Waals surface area contributed by atoms with Crippen LogP contribution in [0.1, 0.15) is 123 Å². The molecule has 1 aromatic carbocycles. The molecule has 0 saturated carbocycles. The van der Waals surface area contributed by atoms with E-state index in [1.807, 2.05) is 99.5 Å². The Morgan fingerprint density at radius 1 is 0.494 bits per heavy atom. The van der Waals surface area contributed by atoms with Crippen LogP contribution in [0.5, 0.6) is 11.5 Å². The van der Waals surface area contributed by atoms with E-state index >= 15 is 0 Å². The molecule has 0 N–H and O–H groups in total. The number of fused-ring (bicyclic) bond motifs is 1. The maximum atomic E-state index is 5.59. The van der Waals surface area contributed by atoms with Crippen molar-refractivity contribution in [3.05, 3.63) is 24.3 Å². The highest BCUT2D eigenvalue weighted by molar-refractivity contribution is 6.46. The first-order valence-corrected chi connectivity index (χ1v) is 28.0. The highest BCUT2D eigenvalue weighted by atomic mass is 16.7. The van der Waals surface area contributed by atoms with Gasteiger partial charge in [-0.15, -0.1) is 0 Å². The fourth-order valence-corrected chi connectivity index (χ4v) is 8.26. The van der Waals surface area contributed by atoms with Gasteiger partial charge in [0.2, 0.25) is 0 Å². The molecular formula is C50H105B9O18.